The van der Waals surface area contributed by atoms with Crippen LogP contribution in [0.5, 0.6) is 23.0 Å². The zero-order valence-corrected chi connectivity index (χ0v) is 35.4. The van der Waals surface area contributed by atoms with Crippen LogP contribution < -0.4 is 30.1 Å². The van der Waals surface area contributed by atoms with Crippen molar-refractivity contribution < 1.29 is 13.9 Å². The molecular weight excluding hydrogens is 771 g/mol. The first-order valence-corrected chi connectivity index (χ1v) is 21.8. The highest BCUT2D eigenvalue weighted by Gasteiger charge is 2.48. The highest BCUT2D eigenvalue weighted by atomic mass is 16.6. The van der Waals surface area contributed by atoms with Crippen molar-refractivity contribution in [1.29, 1.82) is 0 Å². The topological polar surface area (TPSA) is 38.1 Å². The maximum absolute atomic E-state index is 7.09. The molecule has 3 aliphatic heterocycles. The van der Waals surface area contributed by atoms with Crippen molar-refractivity contribution >= 4 is 78.9 Å². The normalized spacial score (nSPS) is 13.6. The van der Waals surface area contributed by atoms with Crippen molar-refractivity contribution in [2.75, 3.05) is 9.71 Å². The predicted octanol–water partition coefficient (Wildman–Crippen LogP) is 14.6. The van der Waals surface area contributed by atoms with Crippen molar-refractivity contribution in [2.45, 2.75) is 33.1 Å². The standard InChI is InChI=1S/C57H41BN2O3/c1-34-30-38(57(2,3)4)25-29-44(34)59-46-33-52-51(61-49-20-12-13-21-50(49)62-52)32-43(46)58-55-47(59)31-42-41-18-10-11-19-48(41)63-56(42)54(55)53-40-17-9-8-16-37(40)24-28-45(53)60(58)39-26-22-36(23-27-39)35-14-6-5-7-15-35/h5-33H,1-4H3. The molecule has 4 heterocycles. The van der Waals surface area contributed by atoms with Crippen LogP contribution in [0.3, 0.4) is 0 Å². The van der Waals surface area contributed by atoms with E-state index >= 15 is 0 Å². The van der Waals surface area contributed by atoms with Gasteiger partial charge in [-0.2, -0.15) is 0 Å². The molecule has 6 heteroatoms. The van der Waals surface area contributed by atoms with Gasteiger partial charge in [0.25, 0.3) is 0 Å². The Balaban J connectivity index is 1.17. The Hall–Kier alpha value is -7.70. The Labute approximate surface area is 366 Å². The Morgan fingerprint density at radius 2 is 1.16 bits per heavy atom. The summed E-state index contributed by atoms with van der Waals surface area (Å²) in [6.45, 7) is 8.80. The second-order valence-electron chi connectivity index (χ2n) is 18.1. The summed E-state index contributed by atoms with van der Waals surface area (Å²) in [7, 11) is 0. The van der Waals surface area contributed by atoms with E-state index in [0.717, 1.165) is 67.0 Å². The third-order valence-corrected chi connectivity index (χ3v) is 13.4. The third-order valence-electron chi connectivity index (χ3n) is 13.4. The molecule has 0 aliphatic carbocycles. The molecule has 13 rings (SSSR count). The number of anilines is 5. The monoisotopic (exact) mass is 812 g/mol. The van der Waals surface area contributed by atoms with Gasteiger partial charge in [-0.05, 0) is 111 Å². The number of ether oxygens (including phenoxy) is 2. The number of fused-ring (bicyclic) bond motifs is 12. The summed E-state index contributed by atoms with van der Waals surface area (Å²) < 4.78 is 20.6. The number of nitrogens with zero attached hydrogens (tertiary/aromatic N) is 2. The molecule has 0 saturated heterocycles. The van der Waals surface area contributed by atoms with Crippen LogP contribution >= 0.6 is 0 Å². The average molecular weight is 813 g/mol. The lowest BCUT2D eigenvalue weighted by Gasteiger charge is -2.46. The molecule has 0 atom stereocenters. The van der Waals surface area contributed by atoms with Gasteiger partial charge in [0.15, 0.2) is 23.0 Å². The molecule has 5 nitrogen and oxygen atoms in total. The largest absolute Gasteiger partial charge is 0.455 e. The predicted molar refractivity (Wildman–Crippen MR) is 260 cm³/mol. The van der Waals surface area contributed by atoms with Crippen LogP contribution in [-0.4, -0.2) is 6.85 Å². The number of hydrogen-bond acceptors (Lipinski definition) is 5. The van der Waals surface area contributed by atoms with E-state index in [1.165, 1.54) is 38.5 Å². The van der Waals surface area contributed by atoms with Gasteiger partial charge in [-0.25, -0.2) is 0 Å². The Bertz CT molecular complexity index is 3530. The minimum atomic E-state index is -0.282. The number of rotatable bonds is 3. The lowest BCUT2D eigenvalue weighted by molar-refractivity contribution is 0.360. The second kappa shape index (κ2) is 13.2. The summed E-state index contributed by atoms with van der Waals surface area (Å²) in [5.41, 5.74) is 16.6. The van der Waals surface area contributed by atoms with Crippen molar-refractivity contribution in [3.05, 3.63) is 187 Å². The quantitative estimate of drug-likeness (QED) is 0.166. The molecule has 0 radical (unpaired) electrons. The molecule has 0 bridgehead atoms. The zero-order chi connectivity index (χ0) is 42.1. The van der Waals surface area contributed by atoms with E-state index in [4.69, 9.17) is 13.9 Å². The van der Waals surface area contributed by atoms with Crippen LogP contribution in [0, 0.1) is 6.92 Å². The van der Waals surface area contributed by atoms with Crippen LogP contribution in [0.4, 0.5) is 28.4 Å². The van der Waals surface area contributed by atoms with E-state index in [2.05, 4.69) is 189 Å². The Kier molecular flexibility index (Phi) is 7.52. The van der Waals surface area contributed by atoms with Crippen molar-refractivity contribution in [1.82, 2.24) is 0 Å². The average Bonchev–Trinajstić information content (AvgIpc) is 3.69. The first-order valence-electron chi connectivity index (χ1n) is 21.8. The SMILES string of the molecule is Cc1cc(C(C)(C)C)ccc1N1c2cc3c(cc2B2c4c1cc1c(oc5ccccc51)c4-c1c(ccc4ccccc14)N2c1ccc(-c2ccccc2)cc1)Oc1ccccc1O3. The number of hydrogen-bond donors (Lipinski definition) is 0. The van der Waals surface area contributed by atoms with Gasteiger partial charge in [-0.15, -0.1) is 0 Å². The lowest BCUT2D eigenvalue weighted by Crippen LogP contribution is -2.61. The van der Waals surface area contributed by atoms with Crippen molar-refractivity contribution in [2.24, 2.45) is 0 Å². The number of para-hydroxylation sites is 3. The summed E-state index contributed by atoms with van der Waals surface area (Å²) in [5, 5.41) is 4.53. The van der Waals surface area contributed by atoms with Crippen molar-refractivity contribution in [3.63, 3.8) is 0 Å². The molecule has 300 valence electrons. The van der Waals surface area contributed by atoms with E-state index in [9.17, 15) is 0 Å². The summed E-state index contributed by atoms with van der Waals surface area (Å²) in [4.78, 5) is 5.03. The number of furan rings is 1. The molecular formula is C57H41BN2O3. The minimum Gasteiger partial charge on any atom is -0.455 e. The first kappa shape index (κ1) is 36.0. The van der Waals surface area contributed by atoms with Crippen LogP contribution in [0.25, 0.3) is 55.0 Å². The van der Waals surface area contributed by atoms with Crippen LogP contribution in [-0.2, 0) is 5.41 Å². The van der Waals surface area contributed by atoms with Gasteiger partial charge >= 0.3 is 6.85 Å². The van der Waals surface area contributed by atoms with E-state index in [1.54, 1.807) is 0 Å². The Morgan fingerprint density at radius 3 is 1.92 bits per heavy atom. The van der Waals surface area contributed by atoms with Gasteiger partial charge in [0.2, 0.25) is 0 Å². The van der Waals surface area contributed by atoms with Gasteiger partial charge < -0.3 is 23.6 Å². The molecule has 3 aliphatic rings. The van der Waals surface area contributed by atoms with Gasteiger partial charge in [-0.1, -0.05) is 136 Å². The molecule has 0 unspecified atom stereocenters. The number of benzene rings is 9. The number of aryl methyl sites for hydroxylation is 1. The Morgan fingerprint density at radius 1 is 0.492 bits per heavy atom. The molecule has 0 amide bonds. The fourth-order valence-electron chi connectivity index (χ4n) is 10.3. The molecule has 9 aromatic carbocycles. The molecule has 0 spiro atoms. The maximum atomic E-state index is 7.09. The van der Waals surface area contributed by atoms with Gasteiger partial charge in [0.1, 0.15) is 11.2 Å². The van der Waals surface area contributed by atoms with Gasteiger partial charge in [-0.3, -0.25) is 0 Å². The molecule has 63 heavy (non-hydrogen) atoms. The van der Waals surface area contributed by atoms with Gasteiger partial charge in [0, 0.05) is 56.4 Å². The van der Waals surface area contributed by atoms with E-state index < -0.39 is 0 Å². The fourth-order valence-corrected chi connectivity index (χ4v) is 10.3. The van der Waals surface area contributed by atoms with Gasteiger partial charge in [0.05, 0.1) is 0 Å². The van der Waals surface area contributed by atoms with E-state index in [-0.39, 0.29) is 12.3 Å². The highest BCUT2D eigenvalue weighted by Crippen LogP contribution is 2.55. The summed E-state index contributed by atoms with van der Waals surface area (Å²) in [6.07, 6.45) is 0. The first-order chi connectivity index (χ1) is 30.8. The molecule has 0 saturated carbocycles. The van der Waals surface area contributed by atoms with Crippen LogP contribution in [0.1, 0.15) is 31.9 Å². The maximum Gasteiger partial charge on any atom is 0.333 e. The summed E-state index contributed by atoms with van der Waals surface area (Å²) in [5.74, 6) is 2.77. The molecule has 1 aromatic heterocycles. The molecule has 10 aromatic rings. The van der Waals surface area contributed by atoms with E-state index in [0.29, 0.717) is 23.0 Å². The zero-order valence-electron chi connectivity index (χ0n) is 35.4. The van der Waals surface area contributed by atoms with Crippen molar-refractivity contribution in [3.8, 4) is 45.3 Å². The fraction of sp³-hybridized carbons (Fsp3) is 0.0877. The van der Waals surface area contributed by atoms with E-state index in [1.807, 2.05) is 24.3 Å². The highest BCUT2D eigenvalue weighted by molar-refractivity contribution is 6.94. The molecule has 0 fully saturated rings. The third kappa shape index (κ3) is 5.31. The lowest BCUT2D eigenvalue weighted by atomic mass is 9.43. The summed E-state index contributed by atoms with van der Waals surface area (Å²) in [6, 6.07) is 63.1. The summed E-state index contributed by atoms with van der Waals surface area (Å²) >= 11 is 0. The van der Waals surface area contributed by atoms with Crippen LogP contribution in [0.2, 0.25) is 0 Å². The van der Waals surface area contributed by atoms with Crippen LogP contribution in [0.15, 0.2) is 180 Å². The smallest absolute Gasteiger partial charge is 0.333 e. The minimum absolute atomic E-state index is 0.0130. The second-order valence-corrected chi connectivity index (χ2v) is 18.1. The molecule has 0 N–H and O–H groups in total.